The van der Waals surface area contributed by atoms with Gasteiger partial charge in [0.2, 0.25) is 0 Å². The predicted molar refractivity (Wildman–Crippen MR) is 118 cm³/mol. The Morgan fingerprint density at radius 3 is 2.56 bits per heavy atom. The molecule has 0 bridgehead atoms. The fraction of sp³-hybridized carbons (Fsp3) is 0.926. The summed E-state index contributed by atoms with van der Waals surface area (Å²) in [5, 5.41) is 0. The lowest BCUT2D eigenvalue weighted by atomic mass is 9.47. The molecule has 0 aromatic rings. The van der Waals surface area contributed by atoms with Gasteiger partial charge < -0.3 is 0 Å². The van der Waals surface area contributed by atoms with E-state index in [1.807, 2.05) is 5.57 Å². The van der Waals surface area contributed by atoms with Crippen molar-refractivity contribution in [2.24, 2.45) is 46.3 Å². The van der Waals surface area contributed by atoms with Crippen LogP contribution >= 0.6 is 0 Å². The topological polar surface area (TPSA) is 0 Å². The van der Waals surface area contributed by atoms with Crippen LogP contribution in [0.1, 0.15) is 112 Å². The molecule has 154 valence electrons. The van der Waals surface area contributed by atoms with Gasteiger partial charge in [0.25, 0.3) is 0 Å². The van der Waals surface area contributed by atoms with Crippen LogP contribution in [0.4, 0.5) is 0 Å². The maximum Gasteiger partial charge on any atom is -0.00853 e. The van der Waals surface area contributed by atoms with Gasteiger partial charge in [-0.05, 0) is 97.7 Å². The first-order valence-electron chi connectivity index (χ1n) is 12.6. The zero-order valence-corrected chi connectivity index (χ0v) is 19.0. The van der Waals surface area contributed by atoms with E-state index in [1.54, 1.807) is 0 Å². The first-order valence-corrected chi connectivity index (χ1v) is 12.6. The van der Waals surface area contributed by atoms with Gasteiger partial charge in [-0.25, -0.2) is 0 Å². The molecular formula is C27H46. The molecule has 0 radical (unpaired) electrons. The molecular weight excluding hydrogens is 324 g/mol. The third kappa shape index (κ3) is 3.36. The highest BCUT2D eigenvalue weighted by molar-refractivity contribution is 5.24. The normalized spacial score (nSPS) is 45.0. The summed E-state index contributed by atoms with van der Waals surface area (Å²) in [7, 11) is 0. The summed E-state index contributed by atoms with van der Waals surface area (Å²) in [6.07, 6.45) is 20.5. The van der Waals surface area contributed by atoms with E-state index >= 15 is 0 Å². The molecule has 0 spiro atoms. The van der Waals surface area contributed by atoms with Crippen molar-refractivity contribution < 1.29 is 0 Å². The van der Waals surface area contributed by atoms with Gasteiger partial charge in [0.1, 0.15) is 0 Å². The standard InChI is InChI=1S/C27H46/c1-19(2)9-8-10-20(3)23-14-15-24-22-13-12-21-11-6-7-17-26(21,4)25(22)16-18-27(23,24)5/h12,19-20,22-25H,6-11,13-18H2,1-5H3/t20-,22+,23?,24+,25+,26+,27-/m1/s1. The van der Waals surface area contributed by atoms with Gasteiger partial charge in [0, 0.05) is 0 Å². The number of hydrogen-bond acceptors (Lipinski definition) is 0. The van der Waals surface area contributed by atoms with Crippen LogP contribution in [0.3, 0.4) is 0 Å². The second kappa shape index (κ2) is 7.53. The highest BCUT2D eigenvalue weighted by atomic mass is 14.6. The molecule has 0 N–H and O–H groups in total. The zero-order valence-electron chi connectivity index (χ0n) is 19.0. The van der Waals surface area contributed by atoms with Crippen molar-refractivity contribution in [1.82, 2.24) is 0 Å². The number of fused-ring (bicyclic) bond motifs is 5. The molecule has 0 saturated heterocycles. The van der Waals surface area contributed by atoms with E-state index < -0.39 is 0 Å². The summed E-state index contributed by atoms with van der Waals surface area (Å²) in [5.41, 5.74) is 3.09. The highest BCUT2D eigenvalue weighted by Gasteiger charge is 2.58. The average Bonchev–Trinajstić information content (AvgIpc) is 2.98. The van der Waals surface area contributed by atoms with Crippen LogP contribution in [0.15, 0.2) is 11.6 Å². The summed E-state index contributed by atoms with van der Waals surface area (Å²) in [6, 6.07) is 0. The SMILES string of the molecule is CC(C)CCC[C@@H](C)C1CC[C@H]2[C@@H]3CC=C4CCCC[C@]4(C)[C@H]3CC[C@]12C. The molecule has 0 nitrogen and oxygen atoms in total. The van der Waals surface area contributed by atoms with E-state index in [2.05, 4.69) is 40.7 Å². The van der Waals surface area contributed by atoms with E-state index in [0.717, 1.165) is 35.5 Å². The Morgan fingerprint density at radius 1 is 0.963 bits per heavy atom. The van der Waals surface area contributed by atoms with Crippen molar-refractivity contribution in [1.29, 1.82) is 0 Å². The summed E-state index contributed by atoms with van der Waals surface area (Å²) in [4.78, 5) is 0. The number of hydrogen-bond donors (Lipinski definition) is 0. The lowest BCUT2D eigenvalue weighted by Gasteiger charge is -2.58. The minimum atomic E-state index is 0.573. The molecule has 0 heteroatoms. The van der Waals surface area contributed by atoms with Crippen LogP contribution in [0, 0.1) is 46.3 Å². The van der Waals surface area contributed by atoms with Crippen LogP contribution in [0.25, 0.3) is 0 Å². The molecule has 0 amide bonds. The largest absolute Gasteiger partial charge is 0.0845 e. The Hall–Kier alpha value is -0.260. The van der Waals surface area contributed by atoms with Crippen molar-refractivity contribution in [2.75, 3.05) is 0 Å². The van der Waals surface area contributed by atoms with Gasteiger partial charge >= 0.3 is 0 Å². The monoisotopic (exact) mass is 370 g/mol. The van der Waals surface area contributed by atoms with Gasteiger partial charge in [-0.3, -0.25) is 0 Å². The zero-order chi connectivity index (χ0) is 19.2. The molecule has 0 aliphatic heterocycles. The minimum Gasteiger partial charge on any atom is -0.0845 e. The maximum absolute atomic E-state index is 2.74. The first kappa shape index (κ1) is 20.0. The van der Waals surface area contributed by atoms with Gasteiger partial charge in [-0.15, -0.1) is 0 Å². The van der Waals surface area contributed by atoms with Gasteiger partial charge in [0.15, 0.2) is 0 Å². The molecule has 3 saturated carbocycles. The molecule has 0 heterocycles. The quantitative estimate of drug-likeness (QED) is 0.426. The summed E-state index contributed by atoms with van der Waals surface area (Å²) < 4.78 is 0. The van der Waals surface area contributed by atoms with E-state index in [-0.39, 0.29) is 0 Å². The lowest BCUT2D eigenvalue weighted by Crippen LogP contribution is -2.50. The van der Waals surface area contributed by atoms with Crippen molar-refractivity contribution in [2.45, 2.75) is 112 Å². The van der Waals surface area contributed by atoms with Gasteiger partial charge in [-0.1, -0.05) is 72.0 Å². The van der Waals surface area contributed by atoms with Crippen LogP contribution < -0.4 is 0 Å². The molecule has 4 aliphatic rings. The van der Waals surface area contributed by atoms with E-state index in [0.29, 0.717) is 10.8 Å². The van der Waals surface area contributed by atoms with E-state index in [1.165, 1.54) is 77.0 Å². The minimum absolute atomic E-state index is 0.573. The molecule has 0 aromatic heterocycles. The van der Waals surface area contributed by atoms with Crippen LogP contribution in [0.2, 0.25) is 0 Å². The lowest BCUT2D eigenvalue weighted by molar-refractivity contribution is -0.0500. The van der Waals surface area contributed by atoms with Crippen LogP contribution in [-0.4, -0.2) is 0 Å². The number of rotatable bonds is 5. The third-order valence-corrected chi connectivity index (χ3v) is 10.2. The van der Waals surface area contributed by atoms with E-state index in [4.69, 9.17) is 0 Å². The predicted octanol–water partition coefficient (Wildman–Crippen LogP) is 8.42. The molecule has 0 aromatic carbocycles. The van der Waals surface area contributed by atoms with Crippen molar-refractivity contribution in [3.8, 4) is 0 Å². The summed E-state index contributed by atoms with van der Waals surface area (Å²) in [6.45, 7) is 12.8. The molecule has 4 rings (SSSR count). The smallest absolute Gasteiger partial charge is 0.00853 e. The Morgan fingerprint density at radius 2 is 1.78 bits per heavy atom. The Kier molecular flexibility index (Phi) is 5.59. The Labute approximate surface area is 170 Å². The van der Waals surface area contributed by atoms with E-state index in [9.17, 15) is 0 Å². The van der Waals surface area contributed by atoms with Crippen LogP contribution in [-0.2, 0) is 0 Å². The molecule has 27 heavy (non-hydrogen) atoms. The van der Waals surface area contributed by atoms with Crippen molar-refractivity contribution >= 4 is 0 Å². The van der Waals surface area contributed by atoms with Crippen molar-refractivity contribution in [3.05, 3.63) is 11.6 Å². The fourth-order valence-electron chi connectivity index (χ4n) is 8.72. The molecule has 1 unspecified atom stereocenters. The van der Waals surface area contributed by atoms with Crippen LogP contribution in [0.5, 0.6) is 0 Å². The second-order valence-corrected chi connectivity index (χ2v) is 12.0. The Bertz CT molecular complexity index is 556. The summed E-state index contributed by atoms with van der Waals surface area (Å²) >= 11 is 0. The first-order chi connectivity index (χ1) is 12.9. The maximum atomic E-state index is 2.74. The molecule has 4 aliphatic carbocycles. The highest BCUT2D eigenvalue weighted by Crippen LogP contribution is 2.67. The number of allylic oxidation sites excluding steroid dienone is 2. The van der Waals surface area contributed by atoms with Gasteiger partial charge in [0.05, 0.1) is 0 Å². The fourth-order valence-corrected chi connectivity index (χ4v) is 8.72. The van der Waals surface area contributed by atoms with Crippen molar-refractivity contribution in [3.63, 3.8) is 0 Å². The second-order valence-electron chi connectivity index (χ2n) is 12.0. The average molecular weight is 371 g/mol. The molecule has 3 fully saturated rings. The Balaban J connectivity index is 1.49. The van der Waals surface area contributed by atoms with Gasteiger partial charge in [-0.2, -0.15) is 0 Å². The summed E-state index contributed by atoms with van der Waals surface area (Å²) in [5.74, 6) is 5.84. The molecule has 7 atom stereocenters. The third-order valence-electron chi connectivity index (χ3n) is 10.2.